The molecule has 1 aromatic carbocycles. The van der Waals surface area contributed by atoms with E-state index in [1.165, 1.54) is 92.0 Å². The van der Waals surface area contributed by atoms with Crippen molar-refractivity contribution in [3.05, 3.63) is 71.3 Å². The Hall–Kier alpha value is -3.63. The van der Waals surface area contributed by atoms with Crippen molar-refractivity contribution in [2.24, 2.45) is 0 Å². The minimum atomic E-state index is -2.51. The van der Waals surface area contributed by atoms with Crippen LogP contribution in [0.4, 0.5) is 9.59 Å². The fraction of sp³-hybridized carbons (Fsp3) is 0.754. The topological polar surface area (TPSA) is 155 Å². The largest absolute Gasteiger partial charge is 0.500 e. The molecule has 4 amide bonds. The summed E-state index contributed by atoms with van der Waals surface area (Å²) in [5, 5.41) is 12.1. The highest BCUT2D eigenvalue weighted by Crippen LogP contribution is 2.24. The molecule has 0 atom stereocenters. The first-order valence-electron chi connectivity index (χ1n) is 29.5. The van der Waals surface area contributed by atoms with Crippen LogP contribution in [0.25, 0.3) is 0 Å². The number of hydrogen-bond donors (Lipinski definition) is 4. The lowest BCUT2D eigenvalue weighted by molar-refractivity contribution is -0.689. The van der Waals surface area contributed by atoms with E-state index in [1.54, 1.807) is 0 Å². The fourth-order valence-corrected chi connectivity index (χ4v) is 15.3. The molecule has 0 spiro atoms. The second kappa shape index (κ2) is 39.7. The van der Waals surface area contributed by atoms with Crippen molar-refractivity contribution < 1.29 is 45.3 Å². The Bertz CT molecular complexity index is 1800. The Morgan fingerprint density at radius 2 is 0.733 bits per heavy atom. The molecule has 2 aromatic heterocycles. The van der Waals surface area contributed by atoms with Crippen LogP contribution >= 0.6 is 0 Å². The number of urea groups is 2. The van der Waals surface area contributed by atoms with Crippen molar-refractivity contribution in [3.8, 4) is 0 Å². The summed E-state index contributed by atoms with van der Waals surface area (Å²) in [5.74, 6) is 0. The van der Waals surface area contributed by atoms with Gasteiger partial charge in [-0.05, 0) is 116 Å². The zero-order valence-electron chi connectivity index (χ0n) is 48.6. The van der Waals surface area contributed by atoms with Gasteiger partial charge >= 0.3 is 29.7 Å². The first kappa shape index (κ1) is 65.7. The quantitative estimate of drug-likeness (QED) is 0.0248. The number of hydrogen-bond acceptors (Lipinski definition) is 8. The Morgan fingerprint density at radius 3 is 1.05 bits per heavy atom. The molecule has 0 fully saturated rings. The van der Waals surface area contributed by atoms with Gasteiger partial charge in [0, 0.05) is 90.8 Å². The van der Waals surface area contributed by atoms with Crippen LogP contribution in [0.5, 0.6) is 0 Å². The van der Waals surface area contributed by atoms with Gasteiger partial charge in [0.1, 0.15) is 37.9 Å². The zero-order valence-corrected chi connectivity index (χ0v) is 50.6. The maximum atomic E-state index is 12.4. The first-order chi connectivity index (χ1) is 36.5. The van der Waals surface area contributed by atoms with Gasteiger partial charge < -0.3 is 47.8 Å². The zero-order chi connectivity index (χ0) is 54.4. The van der Waals surface area contributed by atoms with Crippen LogP contribution < -0.4 is 30.4 Å². The molecule has 0 bridgehead atoms. The molecule has 3 rings (SSSR count). The smallest absolute Gasteiger partial charge is 0.374 e. The molecule has 0 radical (unpaired) electrons. The van der Waals surface area contributed by atoms with Gasteiger partial charge in [-0.15, -0.1) is 0 Å². The van der Waals surface area contributed by atoms with E-state index >= 15 is 0 Å². The average molecular weight is 1090 g/mol. The van der Waals surface area contributed by atoms with Crippen LogP contribution in [-0.2, 0) is 52.7 Å². The van der Waals surface area contributed by atoms with Gasteiger partial charge in [-0.3, -0.25) is 0 Å². The molecule has 0 aliphatic rings. The van der Waals surface area contributed by atoms with E-state index in [0.717, 1.165) is 89.6 Å². The number of carbonyl (C=O) groups is 2. The van der Waals surface area contributed by atoms with Crippen LogP contribution in [0.15, 0.2) is 43.5 Å². The molecule has 0 aliphatic heterocycles. The van der Waals surface area contributed by atoms with Crippen molar-refractivity contribution in [1.29, 1.82) is 0 Å². The summed E-state index contributed by atoms with van der Waals surface area (Å²) in [4.78, 5) is 24.9. The number of aromatic nitrogens is 4. The van der Waals surface area contributed by atoms with Crippen molar-refractivity contribution in [2.75, 3.05) is 65.8 Å². The lowest BCUT2D eigenvalue weighted by atomic mass is 9.93. The summed E-state index contributed by atoms with van der Waals surface area (Å²) in [6.07, 6.45) is 33.2. The molecular formula is C57H106N8O8Si2+2. The third kappa shape index (κ3) is 27.0. The summed E-state index contributed by atoms with van der Waals surface area (Å²) in [5.41, 5.74) is 6.64. The highest BCUT2D eigenvalue weighted by atomic mass is 28.4. The first-order valence-corrected chi connectivity index (χ1v) is 33.4. The number of rotatable bonds is 46. The molecule has 18 heteroatoms. The summed E-state index contributed by atoms with van der Waals surface area (Å²) < 4.78 is 44.8. The van der Waals surface area contributed by atoms with Gasteiger partial charge in [-0.25, -0.2) is 27.9 Å². The molecule has 0 aliphatic carbocycles. The van der Waals surface area contributed by atoms with Gasteiger partial charge in [-0.1, -0.05) is 83.1 Å². The van der Waals surface area contributed by atoms with E-state index in [-0.39, 0.29) is 12.1 Å². The Balaban J connectivity index is 1.24. The van der Waals surface area contributed by atoms with Gasteiger partial charge in [0.25, 0.3) is 0 Å². The summed E-state index contributed by atoms with van der Waals surface area (Å²) >= 11 is 0. The number of imidazole rings is 2. The molecule has 75 heavy (non-hydrogen) atoms. The Labute approximate surface area is 456 Å². The monoisotopic (exact) mass is 1090 g/mol. The van der Waals surface area contributed by atoms with Gasteiger partial charge in [0.05, 0.1) is 13.1 Å². The standard InChI is InChI=1S/C57H104N8O8Si2/c1-10-68-74(69-11-2,70-12-3)44-30-26-22-18-16-20-24-28-34-58-56(66)60-36-32-38-62-40-42-64(49-62)47-54-51(7)46-52(8)55(53(54)9)48-65-43-41-63(50-65)39-33-37-61-57(67)59-35-29-25-21-17-19-23-27-31-45-75(71-13-4,72-14-5)73-15-6/h40-43,46,49-50H,10-39,44-45,47-48H2,1-9H3,(H2-2,58,59,60,61,66,67)/p+2. The molecule has 0 unspecified atom stereocenters. The van der Waals surface area contributed by atoms with Crippen LogP contribution in [-0.4, -0.2) is 105 Å². The van der Waals surface area contributed by atoms with Crippen LogP contribution in [0.2, 0.25) is 12.1 Å². The Morgan fingerprint density at radius 1 is 0.440 bits per heavy atom. The van der Waals surface area contributed by atoms with Crippen molar-refractivity contribution in [1.82, 2.24) is 30.4 Å². The Kier molecular flexibility index (Phi) is 34.7. The number of nitrogens with zero attached hydrogens (tertiary/aromatic N) is 4. The van der Waals surface area contributed by atoms with E-state index in [9.17, 15) is 9.59 Å². The molecule has 2 heterocycles. The van der Waals surface area contributed by atoms with Crippen LogP contribution in [0.1, 0.15) is 185 Å². The minimum absolute atomic E-state index is 0.0806. The van der Waals surface area contributed by atoms with Crippen LogP contribution in [0, 0.1) is 20.8 Å². The molecule has 428 valence electrons. The van der Waals surface area contributed by atoms with Gasteiger partial charge in [0.15, 0.2) is 0 Å². The van der Waals surface area contributed by atoms with E-state index < -0.39 is 17.6 Å². The average Bonchev–Trinajstić information content (AvgIpc) is 4.04. The molecule has 3 aromatic rings. The summed E-state index contributed by atoms with van der Waals surface area (Å²) in [6, 6.07) is 3.96. The normalized spacial score (nSPS) is 11.9. The SMILES string of the molecule is CCO[Si](CCCCCCCCCCNC(=O)NCCCn1cc[n+](Cc2c(C)cc(C)c(C[n+]3ccn(CCCNC(=O)NCCCCCCCCCC[Si](OCC)(OCC)OCC)c3)c2C)c1)(OCC)OCC. The van der Waals surface area contributed by atoms with E-state index in [2.05, 4.69) is 104 Å². The van der Waals surface area contributed by atoms with Crippen molar-refractivity contribution in [2.45, 2.75) is 216 Å². The lowest BCUT2D eigenvalue weighted by Gasteiger charge is -2.28. The highest BCUT2D eigenvalue weighted by molar-refractivity contribution is 6.61. The maximum Gasteiger partial charge on any atom is 0.500 e. The second-order valence-corrected chi connectivity index (χ2v) is 25.4. The maximum absolute atomic E-state index is 12.4. The lowest BCUT2D eigenvalue weighted by Crippen LogP contribution is -2.45. The molecular weight excluding hydrogens is 981 g/mol. The van der Waals surface area contributed by atoms with Gasteiger partial charge in [0.2, 0.25) is 12.7 Å². The third-order valence-corrected chi connectivity index (χ3v) is 20.1. The number of aryl methyl sites for hydroxylation is 4. The third-order valence-electron chi connectivity index (χ3n) is 13.8. The van der Waals surface area contributed by atoms with E-state index in [1.807, 2.05) is 41.5 Å². The van der Waals surface area contributed by atoms with E-state index in [0.29, 0.717) is 65.8 Å². The number of carbonyl (C=O) groups excluding carboxylic acids is 2. The van der Waals surface area contributed by atoms with Crippen molar-refractivity contribution in [3.63, 3.8) is 0 Å². The highest BCUT2D eigenvalue weighted by Gasteiger charge is 2.40. The number of unbranched alkanes of at least 4 members (excludes halogenated alkanes) is 14. The van der Waals surface area contributed by atoms with Crippen molar-refractivity contribution >= 4 is 29.7 Å². The number of amides is 4. The predicted octanol–water partition coefficient (Wildman–Crippen LogP) is 10.6. The number of benzene rings is 1. The second-order valence-electron chi connectivity index (χ2n) is 19.9. The fourth-order valence-electron chi connectivity index (χ4n) is 9.97. The van der Waals surface area contributed by atoms with Gasteiger partial charge in [-0.2, -0.15) is 0 Å². The number of nitrogens with one attached hydrogen (secondary N) is 4. The molecule has 4 N–H and O–H groups in total. The molecule has 16 nitrogen and oxygen atoms in total. The van der Waals surface area contributed by atoms with E-state index in [4.69, 9.17) is 26.6 Å². The molecule has 0 saturated heterocycles. The molecule has 0 saturated carbocycles. The minimum Gasteiger partial charge on any atom is -0.374 e. The van der Waals surface area contributed by atoms with Crippen LogP contribution in [0.3, 0.4) is 0 Å². The predicted molar refractivity (Wildman–Crippen MR) is 305 cm³/mol. The summed E-state index contributed by atoms with van der Waals surface area (Å²) in [7, 11) is -5.03. The summed E-state index contributed by atoms with van der Waals surface area (Å²) in [6.45, 7) is 28.5.